The number of nitrogens with zero attached hydrogens (tertiary/aromatic N) is 2. The molecule has 3 N–H and O–H groups in total. The average molecular weight is 314 g/mol. The molecule has 7 nitrogen and oxygen atoms in total. The number of rotatable bonds is 5. The molecule has 0 aliphatic rings. The fourth-order valence-corrected chi connectivity index (χ4v) is 2.63. The zero-order chi connectivity index (χ0) is 14.7. The van der Waals surface area contributed by atoms with Crippen LogP contribution in [0.25, 0.3) is 10.2 Å². The highest BCUT2D eigenvalue weighted by Crippen LogP contribution is 2.31. The highest BCUT2D eigenvalue weighted by molar-refractivity contribution is 7.85. The summed E-state index contributed by atoms with van der Waals surface area (Å²) in [5.74, 6) is -0.0587. The third-order valence-electron chi connectivity index (χ3n) is 2.20. The van der Waals surface area contributed by atoms with Crippen LogP contribution in [0, 0.1) is 5.52 Å². The van der Waals surface area contributed by atoms with Crippen LogP contribution < -0.4 is 4.18 Å². The lowest BCUT2D eigenvalue weighted by Gasteiger charge is -2.04. The maximum Gasteiger partial charge on any atom is 0.243 e. The lowest BCUT2D eigenvalue weighted by molar-refractivity contribution is -0.113. The van der Waals surface area contributed by atoms with Crippen molar-refractivity contribution in [2.45, 2.75) is 6.92 Å². The molecule has 0 saturated heterocycles. The van der Waals surface area contributed by atoms with Crippen LogP contribution >= 0.6 is 11.3 Å². The summed E-state index contributed by atoms with van der Waals surface area (Å²) >= 11 is -0.699. The van der Waals surface area contributed by atoms with Crippen LogP contribution in [0.2, 0.25) is 1.41 Å². The van der Waals surface area contributed by atoms with Gasteiger partial charge in [0.15, 0.2) is 5.78 Å². The largest absolute Gasteiger partial charge is 0.412 e. The summed E-state index contributed by atoms with van der Waals surface area (Å²) in [6.07, 6.45) is 0. The van der Waals surface area contributed by atoms with Gasteiger partial charge in [-0.15, -0.1) is 5.11 Å². The Hall–Kier alpha value is -1.97. The number of allylic oxidation sites excluding steroid dienone is 1. The number of hydrogen-bond acceptors (Lipinski definition) is 7. The Bertz CT molecular complexity index is 744. The van der Waals surface area contributed by atoms with Gasteiger partial charge >= 0.3 is 0 Å². The lowest BCUT2D eigenvalue weighted by atomic mass is 10.3. The van der Waals surface area contributed by atoms with E-state index in [0.717, 1.165) is 4.70 Å². The smallest absolute Gasteiger partial charge is 0.243 e. The van der Waals surface area contributed by atoms with E-state index in [1.54, 1.807) is 18.2 Å². The topological polar surface area (TPSA) is 124 Å². The molecule has 1 aromatic heterocycles. The Labute approximate surface area is 122 Å². The highest BCUT2D eigenvalue weighted by Gasteiger charge is 2.13. The number of Topliss-reactive ketones (excluding diaryl/α,β-unsaturated/α-hetero) is 1. The number of aromatic nitrogens is 1. The Morgan fingerprint density at radius 1 is 1.65 bits per heavy atom. The van der Waals surface area contributed by atoms with E-state index in [-0.39, 0.29) is 16.2 Å². The Kier molecular flexibility index (Phi) is 4.66. The molecule has 0 spiro atoms. The molecule has 2 rings (SSSR count). The number of fused-ring (bicyclic) bond motifs is 1. The van der Waals surface area contributed by atoms with Crippen molar-refractivity contribution in [1.29, 1.82) is 5.52 Å². The summed E-state index contributed by atoms with van der Waals surface area (Å²) < 4.78 is 24.2. The first kappa shape index (κ1) is 14.4. The van der Waals surface area contributed by atoms with E-state index in [9.17, 15) is 9.00 Å². The van der Waals surface area contributed by atoms with Gasteiger partial charge in [0.1, 0.15) is 10.7 Å². The second kappa shape index (κ2) is 6.46. The summed E-state index contributed by atoms with van der Waals surface area (Å²) in [6, 6.07) is 4.87. The van der Waals surface area contributed by atoms with Gasteiger partial charge in [0.05, 0.1) is 10.2 Å². The standard InChI is InChI=1S/C11H9N3O3S2.H2O/c1-6(15)7(2)19(16)17-8-3-4-9-10(5-8)18-11(13-9)14-12;/h3-5,12H,2H2,1H3;1H2/i/hD. The Morgan fingerprint density at radius 2 is 2.40 bits per heavy atom. The second-order valence-electron chi connectivity index (χ2n) is 3.52. The normalized spacial score (nSPS) is 12.8. The molecule has 20 heavy (non-hydrogen) atoms. The number of ketones is 1. The van der Waals surface area contributed by atoms with Crippen molar-refractivity contribution in [3.05, 3.63) is 29.7 Å². The van der Waals surface area contributed by atoms with Crippen molar-refractivity contribution >= 4 is 43.5 Å². The first-order valence-corrected chi connectivity index (χ1v) is 6.96. The van der Waals surface area contributed by atoms with Crippen molar-refractivity contribution < 1.29 is 20.1 Å². The highest BCUT2D eigenvalue weighted by atomic mass is 32.2. The zero-order valence-electron chi connectivity index (χ0n) is 11.3. The van der Waals surface area contributed by atoms with Gasteiger partial charge in [0.25, 0.3) is 0 Å². The summed E-state index contributed by atoms with van der Waals surface area (Å²) in [4.78, 5) is 15.1. The summed E-state index contributed by atoms with van der Waals surface area (Å²) in [5.41, 5.74) is 3.58. The van der Waals surface area contributed by atoms with Crippen LogP contribution in [0.5, 0.6) is 5.75 Å². The van der Waals surface area contributed by atoms with Crippen LogP contribution in [0.4, 0.5) is 5.13 Å². The maximum absolute atomic E-state index is 11.7. The molecule has 0 bridgehead atoms. The van der Waals surface area contributed by atoms with Crippen molar-refractivity contribution in [1.82, 2.24) is 4.98 Å². The molecule has 1 atom stereocenters. The summed E-state index contributed by atoms with van der Waals surface area (Å²) in [6.45, 7) is 4.68. The van der Waals surface area contributed by atoms with E-state index in [2.05, 4.69) is 22.2 Å². The molecule has 0 amide bonds. The molecular weight excluding hydrogens is 302 g/mol. The lowest BCUT2D eigenvalue weighted by Crippen LogP contribution is -2.08. The third kappa shape index (κ3) is 3.32. The molecule has 0 radical (unpaired) electrons. The SMILES string of the molecule is O.[2H]N=Nc1nc2ccc(OS(=O)C(=C)C(C)=O)cc2s1. The fraction of sp³-hybridized carbons (Fsp3) is 0.0909. The molecule has 0 fully saturated rings. The Morgan fingerprint density at radius 3 is 3.05 bits per heavy atom. The number of hydrogen-bond donors (Lipinski definition) is 1. The van der Waals surface area contributed by atoms with Gasteiger partial charge in [-0.3, -0.25) is 4.79 Å². The van der Waals surface area contributed by atoms with Gasteiger partial charge in [-0.1, -0.05) is 17.9 Å². The van der Waals surface area contributed by atoms with Gasteiger partial charge in [-0.25, -0.2) is 14.7 Å². The summed E-state index contributed by atoms with van der Waals surface area (Å²) in [7, 11) is 0. The minimum absolute atomic E-state index is 0. The summed E-state index contributed by atoms with van der Waals surface area (Å²) in [5, 5.41) is 3.87. The first-order chi connectivity index (χ1) is 9.51. The zero-order valence-corrected chi connectivity index (χ0v) is 12.0. The number of nitrogens with one attached hydrogen (secondary N) is 1. The monoisotopic (exact) mass is 314 g/mol. The van der Waals surface area contributed by atoms with E-state index >= 15 is 0 Å². The van der Waals surface area contributed by atoms with Crippen LogP contribution in [-0.2, 0) is 15.9 Å². The second-order valence-corrected chi connectivity index (χ2v) is 5.66. The van der Waals surface area contributed by atoms with Gasteiger partial charge in [0, 0.05) is 6.07 Å². The van der Waals surface area contributed by atoms with Gasteiger partial charge in [-0.2, -0.15) is 0 Å². The van der Waals surface area contributed by atoms with E-state index in [1.165, 1.54) is 18.3 Å². The molecule has 1 heterocycles. The quantitative estimate of drug-likeness (QED) is 0.671. The minimum Gasteiger partial charge on any atom is -0.412 e. The molecule has 1 aromatic carbocycles. The molecule has 0 saturated carbocycles. The fourth-order valence-electron chi connectivity index (χ4n) is 1.24. The third-order valence-corrected chi connectivity index (χ3v) is 4.14. The van der Waals surface area contributed by atoms with E-state index in [0.29, 0.717) is 16.4 Å². The van der Waals surface area contributed by atoms with Crippen LogP contribution in [0.15, 0.2) is 34.8 Å². The van der Waals surface area contributed by atoms with Crippen LogP contribution in [0.1, 0.15) is 6.92 Å². The molecule has 106 valence electrons. The predicted molar refractivity (Wildman–Crippen MR) is 76.6 cm³/mol. The van der Waals surface area contributed by atoms with Gasteiger partial charge < -0.3 is 9.66 Å². The van der Waals surface area contributed by atoms with Crippen molar-refractivity contribution in [2.24, 2.45) is 5.11 Å². The van der Waals surface area contributed by atoms with Crippen molar-refractivity contribution in [2.75, 3.05) is 0 Å². The van der Waals surface area contributed by atoms with Crippen LogP contribution in [-0.4, -0.2) is 20.5 Å². The van der Waals surface area contributed by atoms with Crippen molar-refractivity contribution in [3.8, 4) is 5.75 Å². The number of thiazole rings is 1. The number of benzene rings is 1. The number of carbonyl (C=O) groups excluding carboxylic acids is 1. The van der Waals surface area contributed by atoms with Crippen LogP contribution in [0.3, 0.4) is 0 Å². The molecule has 1 unspecified atom stereocenters. The molecule has 0 aliphatic heterocycles. The van der Waals surface area contributed by atoms with Gasteiger partial charge in [-0.05, 0) is 19.1 Å². The van der Waals surface area contributed by atoms with E-state index in [4.69, 9.17) is 5.59 Å². The first-order valence-electron chi connectivity index (χ1n) is 5.51. The maximum atomic E-state index is 11.7. The average Bonchev–Trinajstić information content (AvgIpc) is 2.79. The van der Waals surface area contributed by atoms with E-state index in [1.807, 2.05) is 0 Å². The molecule has 9 heteroatoms. The van der Waals surface area contributed by atoms with Gasteiger partial charge in [0.2, 0.25) is 17.6 Å². The molecule has 0 aliphatic carbocycles. The number of carbonyl (C=O) groups is 1. The minimum atomic E-state index is -1.92. The molecule has 2 aromatic rings. The van der Waals surface area contributed by atoms with E-state index < -0.39 is 11.1 Å². The Balaban J connectivity index is 0.00000220. The molecular formula is C11H11N3O4S2. The predicted octanol–water partition coefficient (Wildman–Crippen LogP) is 2.28. The van der Waals surface area contributed by atoms with Crippen molar-refractivity contribution in [3.63, 3.8) is 0 Å².